The SMILES string of the molecule is CN(C(=O)CCSCC(N)=O)C(C)(C)C(=O)O. The Labute approximate surface area is 105 Å². The average molecular weight is 262 g/mol. The topological polar surface area (TPSA) is 101 Å². The van der Waals surface area contributed by atoms with Crippen LogP contribution in [0.1, 0.15) is 20.3 Å². The normalized spacial score (nSPS) is 11.0. The van der Waals surface area contributed by atoms with Gasteiger partial charge in [0.15, 0.2) is 0 Å². The summed E-state index contributed by atoms with van der Waals surface area (Å²) in [6, 6.07) is 0. The molecule has 0 saturated heterocycles. The zero-order valence-electron chi connectivity index (χ0n) is 10.2. The van der Waals surface area contributed by atoms with E-state index in [1.807, 2.05) is 0 Å². The van der Waals surface area contributed by atoms with Crippen LogP contribution in [0.25, 0.3) is 0 Å². The second-order valence-electron chi connectivity index (χ2n) is 4.09. The van der Waals surface area contributed by atoms with Gasteiger partial charge in [0.1, 0.15) is 5.54 Å². The molecular weight excluding hydrogens is 244 g/mol. The lowest BCUT2D eigenvalue weighted by Gasteiger charge is -2.31. The number of primary amides is 1. The first-order chi connectivity index (χ1) is 7.69. The van der Waals surface area contributed by atoms with Gasteiger partial charge >= 0.3 is 5.97 Å². The smallest absolute Gasteiger partial charge is 0.329 e. The van der Waals surface area contributed by atoms with E-state index in [9.17, 15) is 14.4 Å². The van der Waals surface area contributed by atoms with E-state index in [2.05, 4.69) is 0 Å². The Morgan fingerprint density at radius 3 is 2.29 bits per heavy atom. The standard InChI is InChI=1S/C10H18N2O4S/c1-10(2,9(15)16)12(3)8(14)4-5-17-6-7(11)13/h4-6H2,1-3H3,(H2,11,13)(H,15,16). The molecule has 0 aliphatic rings. The maximum absolute atomic E-state index is 11.7. The van der Waals surface area contributed by atoms with Crippen molar-refractivity contribution in [3.63, 3.8) is 0 Å². The van der Waals surface area contributed by atoms with E-state index >= 15 is 0 Å². The summed E-state index contributed by atoms with van der Waals surface area (Å²) >= 11 is 1.26. The number of carboxylic acids is 1. The molecule has 98 valence electrons. The van der Waals surface area contributed by atoms with Crippen molar-refractivity contribution in [3.8, 4) is 0 Å². The van der Waals surface area contributed by atoms with Gasteiger partial charge in [0.25, 0.3) is 0 Å². The number of nitrogens with two attached hydrogens (primary N) is 1. The van der Waals surface area contributed by atoms with Crippen molar-refractivity contribution < 1.29 is 19.5 Å². The number of carboxylic acid groups (broad SMARTS) is 1. The fourth-order valence-electron chi connectivity index (χ4n) is 0.955. The van der Waals surface area contributed by atoms with Crippen molar-refractivity contribution in [2.75, 3.05) is 18.6 Å². The predicted octanol–water partition coefficient (Wildman–Crippen LogP) is -0.0834. The van der Waals surface area contributed by atoms with Gasteiger partial charge in [0, 0.05) is 19.2 Å². The summed E-state index contributed by atoms with van der Waals surface area (Å²) in [4.78, 5) is 34.2. The summed E-state index contributed by atoms with van der Waals surface area (Å²) in [5.74, 6) is -1.14. The van der Waals surface area contributed by atoms with Crippen LogP contribution in [0.4, 0.5) is 0 Å². The van der Waals surface area contributed by atoms with Crippen LogP contribution in [0.15, 0.2) is 0 Å². The van der Waals surface area contributed by atoms with E-state index in [0.717, 1.165) is 0 Å². The van der Waals surface area contributed by atoms with E-state index in [-0.39, 0.29) is 18.1 Å². The van der Waals surface area contributed by atoms with Crippen molar-refractivity contribution in [2.24, 2.45) is 5.73 Å². The van der Waals surface area contributed by atoms with Gasteiger partial charge in [-0.25, -0.2) is 4.79 Å². The largest absolute Gasteiger partial charge is 0.480 e. The summed E-state index contributed by atoms with van der Waals surface area (Å²) in [6.07, 6.45) is 0.186. The summed E-state index contributed by atoms with van der Waals surface area (Å²) in [7, 11) is 1.45. The molecule has 0 spiro atoms. The molecule has 0 aromatic carbocycles. The van der Waals surface area contributed by atoms with Crippen LogP contribution < -0.4 is 5.73 Å². The van der Waals surface area contributed by atoms with Gasteiger partial charge < -0.3 is 15.7 Å². The van der Waals surface area contributed by atoms with E-state index in [0.29, 0.717) is 5.75 Å². The summed E-state index contributed by atoms with van der Waals surface area (Å²) in [5.41, 5.74) is 3.71. The maximum atomic E-state index is 11.7. The van der Waals surface area contributed by atoms with Gasteiger partial charge in [-0.2, -0.15) is 11.8 Å². The number of likely N-dealkylation sites (N-methyl/N-ethyl adjacent to an activating group) is 1. The highest BCUT2D eigenvalue weighted by Gasteiger charge is 2.34. The molecule has 0 atom stereocenters. The van der Waals surface area contributed by atoms with Crippen LogP contribution >= 0.6 is 11.8 Å². The molecule has 6 nitrogen and oxygen atoms in total. The Bertz CT molecular complexity index is 317. The van der Waals surface area contributed by atoms with E-state index in [1.54, 1.807) is 0 Å². The van der Waals surface area contributed by atoms with Crippen molar-refractivity contribution in [3.05, 3.63) is 0 Å². The van der Waals surface area contributed by atoms with Crippen LogP contribution in [0, 0.1) is 0 Å². The molecule has 0 radical (unpaired) electrons. The third-order valence-corrected chi connectivity index (χ3v) is 3.42. The number of thioether (sulfide) groups is 1. The zero-order chi connectivity index (χ0) is 13.6. The molecule has 0 fully saturated rings. The minimum atomic E-state index is -1.23. The van der Waals surface area contributed by atoms with Gasteiger partial charge in [-0.3, -0.25) is 9.59 Å². The first kappa shape index (κ1) is 15.8. The van der Waals surface area contributed by atoms with Crippen LogP contribution in [-0.2, 0) is 14.4 Å². The van der Waals surface area contributed by atoms with Gasteiger partial charge in [-0.15, -0.1) is 0 Å². The van der Waals surface area contributed by atoms with Crippen molar-refractivity contribution in [1.29, 1.82) is 0 Å². The Kier molecular flexibility index (Phi) is 6.01. The van der Waals surface area contributed by atoms with Gasteiger partial charge in [-0.05, 0) is 13.8 Å². The molecule has 0 saturated carbocycles. The third-order valence-electron chi connectivity index (χ3n) is 2.44. The Morgan fingerprint density at radius 2 is 1.88 bits per heavy atom. The van der Waals surface area contributed by atoms with Crippen molar-refractivity contribution in [2.45, 2.75) is 25.8 Å². The number of carbonyl (C=O) groups excluding carboxylic acids is 2. The highest BCUT2D eigenvalue weighted by atomic mass is 32.2. The lowest BCUT2D eigenvalue weighted by Crippen LogP contribution is -2.50. The lowest BCUT2D eigenvalue weighted by molar-refractivity contribution is -0.155. The second kappa shape index (κ2) is 6.48. The summed E-state index contributed by atoms with van der Waals surface area (Å²) < 4.78 is 0. The minimum Gasteiger partial charge on any atom is -0.480 e. The average Bonchev–Trinajstić information content (AvgIpc) is 2.22. The number of nitrogens with zero attached hydrogens (tertiary/aromatic N) is 1. The number of amides is 2. The van der Waals surface area contributed by atoms with Crippen LogP contribution in [0.2, 0.25) is 0 Å². The van der Waals surface area contributed by atoms with Gasteiger partial charge in [-0.1, -0.05) is 0 Å². The number of hydrogen-bond acceptors (Lipinski definition) is 4. The first-order valence-electron chi connectivity index (χ1n) is 5.05. The highest BCUT2D eigenvalue weighted by molar-refractivity contribution is 7.99. The molecule has 0 unspecified atom stereocenters. The number of hydrogen-bond donors (Lipinski definition) is 2. The Balaban J connectivity index is 4.15. The number of carbonyl (C=O) groups is 3. The molecule has 0 aliphatic heterocycles. The molecular formula is C10H18N2O4S. The molecule has 0 rings (SSSR count). The molecule has 0 aromatic rings. The van der Waals surface area contributed by atoms with Crippen LogP contribution in [-0.4, -0.2) is 51.9 Å². The molecule has 0 heterocycles. The third kappa shape index (κ3) is 5.08. The zero-order valence-corrected chi connectivity index (χ0v) is 11.0. The van der Waals surface area contributed by atoms with E-state index < -0.39 is 17.4 Å². The summed E-state index contributed by atoms with van der Waals surface area (Å²) in [5, 5.41) is 8.94. The minimum absolute atomic E-state index is 0.166. The quantitative estimate of drug-likeness (QED) is 0.625. The molecule has 17 heavy (non-hydrogen) atoms. The predicted molar refractivity (Wildman–Crippen MR) is 65.6 cm³/mol. The fraction of sp³-hybridized carbons (Fsp3) is 0.700. The number of rotatable bonds is 7. The number of aliphatic carboxylic acids is 1. The highest BCUT2D eigenvalue weighted by Crippen LogP contribution is 2.14. The first-order valence-corrected chi connectivity index (χ1v) is 6.21. The molecule has 2 amide bonds. The van der Waals surface area contributed by atoms with Gasteiger partial charge in [0.05, 0.1) is 5.75 Å². The van der Waals surface area contributed by atoms with Crippen molar-refractivity contribution >= 4 is 29.5 Å². The molecule has 0 aromatic heterocycles. The van der Waals surface area contributed by atoms with Crippen LogP contribution in [0.5, 0.6) is 0 Å². The monoisotopic (exact) mass is 262 g/mol. The molecule has 0 aliphatic carbocycles. The Morgan fingerprint density at radius 1 is 1.35 bits per heavy atom. The molecule has 7 heteroatoms. The molecule has 0 bridgehead atoms. The lowest BCUT2D eigenvalue weighted by atomic mass is 10.0. The van der Waals surface area contributed by atoms with Gasteiger partial charge in [0.2, 0.25) is 11.8 Å². The fourth-order valence-corrected chi connectivity index (χ4v) is 1.62. The molecule has 3 N–H and O–H groups in total. The Hall–Kier alpha value is -1.24. The second-order valence-corrected chi connectivity index (χ2v) is 5.19. The van der Waals surface area contributed by atoms with Crippen LogP contribution in [0.3, 0.4) is 0 Å². The summed E-state index contributed by atoms with van der Waals surface area (Å²) in [6.45, 7) is 2.92. The van der Waals surface area contributed by atoms with E-state index in [4.69, 9.17) is 10.8 Å². The maximum Gasteiger partial charge on any atom is 0.329 e. The van der Waals surface area contributed by atoms with Crippen molar-refractivity contribution in [1.82, 2.24) is 4.90 Å². The van der Waals surface area contributed by atoms with E-state index in [1.165, 1.54) is 37.6 Å².